The van der Waals surface area contributed by atoms with Crippen LogP contribution in [0.1, 0.15) is 34.3 Å². The van der Waals surface area contributed by atoms with E-state index < -0.39 is 5.41 Å². The number of hydrogen-bond acceptors (Lipinski definition) is 4. The lowest BCUT2D eigenvalue weighted by atomic mass is 9.67. The van der Waals surface area contributed by atoms with Gasteiger partial charge in [-0.15, -0.1) is 0 Å². The van der Waals surface area contributed by atoms with Gasteiger partial charge in [-0.25, -0.2) is 0 Å². The minimum atomic E-state index is -1.37. The highest BCUT2D eigenvalue weighted by atomic mass is 16.5. The topological polar surface area (TPSA) is 64.6 Å². The van der Waals surface area contributed by atoms with Gasteiger partial charge in [-0.1, -0.05) is 49.6 Å². The maximum atomic E-state index is 13.9. The van der Waals surface area contributed by atoms with E-state index in [1.807, 2.05) is 48.5 Å². The van der Waals surface area contributed by atoms with E-state index in [0.717, 1.165) is 22.6 Å². The van der Waals surface area contributed by atoms with Crippen molar-refractivity contribution in [3.8, 4) is 11.5 Å². The molecule has 1 N–H and O–H groups in total. The minimum Gasteiger partial charge on any atom is -0.497 e. The number of nitrogens with one attached hydrogen (secondary N) is 1. The number of Topliss-reactive ketones (excluding diaryl/α,β-unsaturated/α-hetero) is 1. The lowest BCUT2D eigenvalue weighted by molar-refractivity contribution is -0.123. The van der Waals surface area contributed by atoms with Crippen molar-refractivity contribution in [2.24, 2.45) is 5.41 Å². The third-order valence-corrected chi connectivity index (χ3v) is 6.32. The van der Waals surface area contributed by atoms with Crippen LogP contribution in [0.2, 0.25) is 0 Å². The van der Waals surface area contributed by atoms with Crippen molar-refractivity contribution in [2.75, 3.05) is 19.5 Å². The molecule has 1 aliphatic heterocycles. The molecular weight excluding hydrogens is 426 g/mol. The first-order valence-electron chi connectivity index (χ1n) is 11.0. The second kappa shape index (κ2) is 9.40. The van der Waals surface area contributed by atoms with Crippen molar-refractivity contribution in [1.29, 1.82) is 0 Å². The summed E-state index contributed by atoms with van der Waals surface area (Å²) in [6.07, 6.45) is 0.320. The van der Waals surface area contributed by atoms with Crippen molar-refractivity contribution in [2.45, 2.75) is 12.8 Å². The number of ketones is 1. The Balaban J connectivity index is 1.72. The first-order chi connectivity index (χ1) is 16.4. The van der Waals surface area contributed by atoms with Crippen LogP contribution in [0.5, 0.6) is 11.5 Å². The van der Waals surface area contributed by atoms with Gasteiger partial charge in [-0.2, -0.15) is 0 Å². The van der Waals surface area contributed by atoms with Gasteiger partial charge >= 0.3 is 0 Å². The number of carbonyl (C=O) groups excluding carboxylic acids is 2. The number of methoxy groups -OCH3 is 2. The molecule has 34 heavy (non-hydrogen) atoms. The molecule has 5 heteroatoms. The number of anilines is 1. The summed E-state index contributed by atoms with van der Waals surface area (Å²) < 4.78 is 10.5. The van der Waals surface area contributed by atoms with Crippen LogP contribution in [0.4, 0.5) is 5.69 Å². The largest absolute Gasteiger partial charge is 0.497 e. The van der Waals surface area contributed by atoms with Gasteiger partial charge in [0.1, 0.15) is 16.9 Å². The van der Waals surface area contributed by atoms with Crippen LogP contribution in [0.15, 0.2) is 86.0 Å². The van der Waals surface area contributed by atoms with Gasteiger partial charge < -0.3 is 14.8 Å². The molecule has 0 atom stereocenters. The van der Waals surface area contributed by atoms with Gasteiger partial charge in [-0.3, -0.25) is 9.59 Å². The lowest BCUT2D eigenvalue weighted by Gasteiger charge is -2.37. The number of hydrogen-bond donors (Lipinski definition) is 1. The molecular formula is C29H27NO4. The molecule has 0 saturated heterocycles. The maximum Gasteiger partial charge on any atom is 0.239 e. The second-order valence-electron chi connectivity index (χ2n) is 8.43. The molecule has 0 aliphatic carbocycles. The second-order valence-corrected chi connectivity index (χ2v) is 8.43. The maximum absolute atomic E-state index is 13.9. The van der Waals surface area contributed by atoms with Gasteiger partial charge in [-0.05, 0) is 71.5 Å². The van der Waals surface area contributed by atoms with E-state index in [0.29, 0.717) is 22.4 Å². The Bertz CT molecular complexity index is 1190. The molecule has 5 nitrogen and oxygen atoms in total. The first kappa shape index (κ1) is 23.1. The van der Waals surface area contributed by atoms with Crippen LogP contribution in [-0.2, 0) is 4.79 Å². The number of allylic oxidation sites excluding steroid dienone is 2. The van der Waals surface area contributed by atoms with Crippen LogP contribution in [0, 0.1) is 5.41 Å². The molecule has 1 aliphatic rings. The van der Waals surface area contributed by atoms with E-state index >= 15 is 0 Å². The predicted octanol–water partition coefficient (Wildman–Crippen LogP) is 6.03. The van der Waals surface area contributed by atoms with Gasteiger partial charge in [0.2, 0.25) is 5.91 Å². The number of carbonyl (C=O) groups is 2. The van der Waals surface area contributed by atoms with Crippen LogP contribution in [-0.4, -0.2) is 25.9 Å². The molecule has 1 heterocycles. The molecule has 3 aromatic rings. The summed E-state index contributed by atoms with van der Waals surface area (Å²) >= 11 is 0. The number of fused-ring (bicyclic) bond motifs is 1. The number of rotatable bonds is 8. The summed E-state index contributed by atoms with van der Waals surface area (Å²) in [6, 6.07) is 22.0. The van der Waals surface area contributed by atoms with Crippen LogP contribution >= 0.6 is 0 Å². The summed E-state index contributed by atoms with van der Waals surface area (Å²) in [4.78, 5) is 27.5. The monoisotopic (exact) mass is 453 g/mol. The average Bonchev–Trinajstić information content (AvgIpc) is 2.87. The minimum absolute atomic E-state index is 0.160. The smallest absolute Gasteiger partial charge is 0.239 e. The molecule has 0 radical (unpaired) electrons. The fourth-order valence-corrected chi connectivity index (χ4v) is 4.36. The van der Waals surface area contributed by atoms with Crippen molar-refractivity contribution < 1.29 is 19.1 Å². The standard InChI is InChI=1S/C29H27NO4/c1-19(21-9-13-23(33-3)14-10-21)17-29(18-20(2)22-11-15-24(34-4)16-12-22)27(31)25-7-5-6-8-26(25)30-28(29)32/h5-16H,1-2,17-18H2,3-4H3,(H,30,32). The van der Waals surface area contributed by atoms with Crippen LogP contribution < -0.4 is 14.8 Å². The van der Waals surface area contributed by atoms with Gasteiger partial charge in [0.15, 0.2) is 5.78 Å². The van der Waals surface area contributed by atoms with Crippen LogP contribution in [0.25, 0.3) is 11.1 Å². The number of para-hydroxylation sites is 1. The van der Waals surface area contributed by atoms with E-state index in [2.05, 4.69) is 18.5 Å². The molecule has 0 aromatic heterocycles. The van der Waals surface area contributed by atoms with Gasteiger partial charge in [0, 0.05) is 5.56 Å². The zero-order chi connectivity index (χ0) is 24.3. The third kappa shape index (κ3) is 4.25. The molecule has 0 fully saturated rings. The number of benzene rings is 3. The Kier molecular flexibility index (Phi) is 6.37. The number of amides is 1. The fourth-order valence-electron chi connectivity index (χ4n) is 4.36. The van der Waals surface area contributed by atoms with Crippen molar-refractivity contribution in [1.82, 2.24) is 0 Å². The van der Waals surface area contributed by atoms with Crippen LogP contribution in [0.3, 0.4) is 0 Å². The van der Waals surface area contributed by atoms with E-state index in [9.17, 15) is 9.59 Å². The molecule has 0 unspecified atom stereocenters. The molecule has 172 valence electrons. The summed E-state index contributed by atoms with van der Waals surface area (Å²) in [5, 5.41) is 2.95. The zero-order valence-electron chi connectivity index (χ0n) is 19.4. The van der Waals surface area contributed by atoms with Crippen molar-refractivity contribution in [3.05, 3.63) is 103 Å². The molecule has 0 spiro atoms. The highest BCUT2D eigenvalue weighted by molar-refractivity contribution is 6.25. The predicted molar refractivity (Wildman–Crippen MR) is 135 cm³/mol. The van der Waals surface area contributed by atoms with E-state index in [-0.39, 0.29) is 24.5 Å². The summed E-state index contributed by atoms with van der Waals surface area (Å²) in [5.41, 5.74) is 2.71. The SMILES string of the molecule is C=C(CC1(CC(=C)c2ccc(OC)cc2)C(=O)Nc2ccccc2C1=O)c1ccc(OC)cc1. The molecule has 1 amide bonds. The fraction of sp³-hybridized carbons (Fsp3) is 0.172. The Labute approximate surface area is 199 Å². The Morgan fingerprint density at radius 2 is 1.24 bits per heavy atom. The normalized spacial score (nSPS) is 14.1. The third-order valence-electron chi connectivity index (χ3n) is 6.32. The quantitative estimate of drug-likeness (QED) is 0.423. The van der Waals surface area contributed by atoms with E-state index in [1.54, 1.807) is 38.5 Å². The molecule has 3 aromatic carbocycles. The lowest BCUT2D eigenvalue weighted by Crippen LogP contribution is -2.47. The highest BCUT2D eigenvalue weighted by Crippen LogP contribution is 2.45. The van der Waals surface area contributed by atoms with Crippen molar-refractivity contribution in [3.63, 3.8) is 0 Å². The summed E-state index contributed by atoms with van der Waals surface area (Å²) in [7, 11) is 3.21. The Hall–Kier alpha value is -4.12. The highest BCUT2D eigenvalue weighted by Gasteiger charge is 2.50. The Morgan fingerprint density at radius 3 is 1.71 bits per heavy atom. The van der Waals surface area contributed by atoms with Gasteiger partial charge in [0.05, 0.1) is 19.9 Å². The average molecular weight is 454 g/mol. The Morgan fingerprint density at radius 1 is 0.765 bits per heavy atom. The first-order valence-corrected chi connectivity index (χ1v) is 11.0. The summed E-state index contributed by atoms with van der Waals surface area (Å²) in [6.45, 7) is 8.46. The van der Waals surface area contributed by atoms with E-state index in [1.165, 1.54) is 0 Å². The zero-order valence-corrected chi connectivity index (χ0v) is 19.4. The molecule has 0 saturated carbocycles. The van der Waals surface area contributed by atoms with E-state index in [4.69, 9.17) is 9.47 Å². The van der Waals surface area contributed by atoms with Gasteiger partial charge in [0.25, 0.3) is 0 Å². The number of ether oxygens (including phenoxy) is 2. The molecule has 0 bridgehead atoms. The summed E-state index contributed by atoms with van der Waals surface area (Å²) in [5.74, 6) is 0.871. The van der Waals surface area contributed by atoms with Crippen molar-refractivity contribution >= 4 is 28.5 Å². The molecule has 4 rings (SSSR count).